The van der Waals surface area contributed by atoms with Gasteiger partial charge in [0.25, 0.3) is 0 Å². The van der Waals surface area contributed by atoms with Gasteiger partial charge in [-0.05, 0) is 5.92 Å². The Morgan fingerprint density at radius 3 is 2.28 bits per heavy atom. The number of rotatable bonds is 5. The zero-order valence-corrected chi connectivity index (χ0v) is 11.1. The topological polar surface area (TPSA) is 86.9 Å². The molecule has 0 unspecified atom stereocenters. The van der Waals surface area contributed by atoms with Gasteiger partial charge in [0, 0.05) is 26.2 Å². The van der Waals surface area contributed by atoms with E-state index in [1.165, 1.54) is 0 Å². The van der Waals surface area contributed by atoms with Crippen LogP contribution < -0.4 is 5.73 Å². The van der Waals surface area contributed by atoms with Crippen LogP contribution in [0.4, 0.5) is 0 Å². The summed E-state index contributed by atoms with van der Waals surface area (Å²) in [5, 5.41) is 8.69. The number of hydrogen-bond acceptors (Lipinski definition) is 4. The van der Waals surface area contributed by atoms with Crippen LogP contribution in [0.5, 0.6) is 0 Å². The second-order valence-electron chi connectivity index (χ2n) is 4.91. The van der Waals surface area contributed by atoms with Gasteiger partial charge in [0.05, 0.1) is 12.6 Å². The zero-order chi connectivity index (χ0) is 13.7. The molecule has 18 heavy (non-hydrogen) atoms. The van der Waals surface area contributed by atoms with Crippen LogP contribution in [-0.4, -0.2) is 65.5 Å². The summed E-state index contributed by atoms with van der Waals surface area (Å²) in [4.78, 5) is 26.2. The number of carbonyl (C=O) groups is 2. The van der Waals surface area contributed by atoms with Crippen LogP contribution in [0.3, 0.4) is 0 Å². The molecule has 6 heteroatoms. The van der Waals surface area contributed by atoms with E-state index in [1.54, 1.807) is 4.90 Å². The molecule has 0 spiro atoms. The van der Waals surface area contributed by atoms with Crippen LogP contribution in [0.15, 0.2) is 0 Å². The minimum atomic E-state index is -0.828. The van der Waals surface area contributed by atoms with Gasteiger partial charge in [0.15, 0.2) is 0 Å². The van der Waals surface area contributed by atoms with Crippen molar-refractivity contribution in [3.8, 4) is 0 Å². The first-order valence-corrected chi connectivity index (χ1v) is 6.44. The van der Waals surface area contributed by atoms with Crippen molar-refractivity contribution in [2.45, 2.75) is 26.3 Å². The maximum Gasteiger partial charge on any atom is 0.317 e. The molecule has 104 valence electrons. The second kappa shape index (κ2) is 6.70. The number of nitrogens with two attached hydrogens (primary N) is 1. The molecule has 1 saturated heterocycles. The number of carboxylic acid groups (broad SMARTS) is 1. The lowest BCUT2D eigenvalue weighted by atomic mass is 9.98. The third kappa shape index (κ3) is 3.96. The van der Waals surface area contributed by atoms with Gasteiger partial charge in [0.1, 0.15) is 0 Å². The van der Waals surface area contributed by atoms with Crippen LogP contribution >= 0.6 is 0 Å². The van der Waals surface area contributed by atoms with E-state index in [0.29, 0.717) is 26.2 Å². The van der Waals surface area contributed by atoms with E-state index in [0.717, 1.165) is 6.42 Å². The molecule has 1 heterocycles. The molecule has 0 aromatic heterocycles. The molecular weight excluding hydrogens is 234 g/mol. The van der Waals surface area contributed by atoms with Crippen LogP contribution in [0.2, 0.25) is 0 Å². The molecule has 2 atom stereocenters. The highest BCUT2D eigenvalue weighted by Gasteiger charge is 2.28. The van der Waals surface area contributed by atoms with Gasteiger partial charge in [-0.1, -0.05) is 20.3 Å². The van der Waals surface area contributed by atoms with E-state index in [9.17, 15) is 9.59 Å². The number of amides is 1. The van der Waals surface area contributed by atoms with Crippen LogP contribution in [0.1, 0.15) is 20.3 Å². The number of carbonyl (C=O) groups excluding carboxylic acids is 1. The Hall–Kier alpha value is -1.14. The largest absolute Gasteiger partial charge is 0.480 e. The van der Waals surface area contributed by atoms with Crippen molar-refractivity contribution in [2.24, 2.45) is 11.7 Å². The van der Waals surface area contributed by atoms with Gasteiger partial charge >= 0.3 is 5.97 Å². The molecule has 1 aliphatic rings. The quantitative estimate of drug-likeness (QED) is 0.699. The molecule has 0 bridgehead atoms. The molecule has 0 aromatic rings. The number of aliphatic carboxylic acids is 1. The molecule has 6 nitrogen and oxygen atoms in total. The van der Waals surface area contributed by atoms with Crippen LogP contribution in [0.25, 0.3) is 0 Å². The number of nitrogens with zero attached hydrogens (tertiary/aromatic N) is 2. The van der Waals surface area contributed by atoms with Gasteiger partial charge in [-0.2, -0.15) is 0 Å². The molecule has 0 aliphatic carbocycles. The summed E-state index contributed by atoms with van der Waals surface area (Å²) in [6.45, 7) is 6.37. The Labute approximate surface area is 108 Å². The van der Waals surface area contributed by atoms with Crippen molar-refractivity contribution in [1.29, 1.82) is 0 Å². The van der Waals surface area contributed by atoms with Crippen LogP contribution in [-0.2, 0) is 9.59 Å². The lowest BCUT2D eigenvalue weighted by Crippen LogP contribution is -2.55. The average Bonchev–Trinajstić information content (AvgIpc) is 2.36. The summed E-state index contributed by atoms with van der Waals surface area (Å²) in [6, 6.07) is -0.443. The Morgan fingerprint density at radius 1 is 1.28 bits per heavy atom. The van der Waals surface area contributed by atoms with Gasteiger partial charge in [-0.3, -0.25) is 14.5 Å². The fraction of sp³-hybridized carbons (Fsp3) is 0.833. The Kier molecular flexibility index (Phi) is 5.55. The fourth-order valence-corrected chi connectivity index (χ4v) is 2.03. The summed E-state index contributed by atoms with van der Waals surface area (Å²) >= 11 is 0. The normalized spacial score (nSPS) is 20.5. The maximum atomic E-state index is 12.1. The minimum Gasteiger partial charge on any atom is -0.480 e. The molecule has 0 radical (unpaired) electrons. The SMILES string of the molecule is CC[C@H](C)[C@H](N)C(=O)N1CCN(CC(=O)O)CC1. The third-order valence-electron chi connectivity index (χ3n) is 3.58. The molecule has 3 N–H and O–H groups in total. The summed E-state index contributed by atoms with van der Waals surface area (Å²) in [7, 11) is 0. The van der Waals surface area contributed by atoms with E-state index in [1.807, 2.05) is 18.7 Å². The molecule has 1 amide bonds. The standard InChI is InChI=1S/C12H23N3O3/c1-3-9(2)11(13)12(18)15-6-4-14(5-7-15)8-10(16)17/h9,11H,3-8,13H2,1-2H3,(H,16,17)/t9-,11-/m0/s1. The summed E-state index contributed by atoms with van der Waals surface area (Å²) in [5.74, 6) is -0.667. The monoisotopic (exact) mass is 257 g/mol. The first kappa shape index (κ1) is 14.9. The Bertz CT molecular complexity index is 301. The third-order valence-corrected chi connectivity index (χ3v) is 3.58. The minimum absolute atomic E-state index is 0.0145. The van der Waals surface area contributed by atoms with Gasteiger partial charge in [-0.25, -0.2) is 0 Å². The predicted octanol–water partition coefficient (Wildman–Crippen LogP) is -0.411. The van der Waals surface area contributed by atoms with Gasteiger partial charge in [-0.15, -0.1) is 0 Å². The fourth-order valence-electron chi connectivity index (χ4n) is 2.03. The predicted molar refractivity (Wildman–Crippen MR) is 68.1 cm³/mol. The highest BCUT2D eigenvalue weighted by atomic mass is 16.4. The van der Waals surface area contributed by atoms with E-state index in [-0.39, 0.29) is 18.4 Å². The average molecular weight is 257 g/mol. The van der Waals surface area contributed by atoms with E-state index in [2.05, 4.69) is 0 Å². The van der Waals surface area contributed by atoms with Crippen molar-refractivity contribution >= 4 is 11.9 Å². The van der Waals surface area contributed by atoms with E-state index < -0.39 is 12.0 Å². The van der Waals surface area contributed by atoms with E-state index >= 15 is 0 Å². The molecule has 1 aliphatic heterocycles. The molecule has 0 aromatic carbocycles. The first-order valence-electron chi connectivity index (χ1n) is 6.44. The summed E-state index contributed by atoms with van der Waals surface area (Å²) in [6.07, 6.45) is 0.881. The van der Waals surface area contributed by atoms with Crippen molar-refractivity contribution in [1.82, 2.24) is 9.80 Å². The highest BCUT2D eigenvalue weighted by molar-refractivity contribution is 5.82. The molecule has 1 fully saturated rings. The van der Waals surface area contributed by atoms with Gasteiger partial charge in [0.2, 0.25) is 5.91 Å². The molecule has 1 rings (SSSR count). The highest BCUT2D eigenvalue weighted by Crippen LogP contribution is 2.10. The lowest BCUT2D eigenvalue weighted by molar-refractivity contribution is -0.139. The zero-order valence-electron chi connectivity index (χ0n) is 11.1. The maximum absolute atomic E-state index is 12.1. The Morgan fingerprint density at radius 2 is 1.83 bits per heavy atom. The number of carboxylic acids is 1. The van der Waals surface area contributed by atoms with Crippen molar-refractivity contribution < 1.29 is 14.7 Å². The smallest absolute Gasteiger partial charge is 0.317 e. The summed E-state index contributed by atoms with van der Waals surface area (Å²) < 4.78 is 0. The summed E-state index contributed by atoms with van der Waals surface area (Å²) in [5.41, 5.74) is 5.92. The van der Waals surface area contributed by atoms with Crippen molar-refractivity contribution in [2.75, 3.05) is 32.7 Å². The van der Waals surface area contributed by atoms with Gasteiger partial charge < -0.3 is 15.7 Å². The van der Waals surface area contributed by atoms with Crippen molar-refractivity contribution in [3.63, 3.8) is 0 Å². The van der Waals surface area contributed by atoms with Crippen LogP contribution in [0, 0.1) is 5.92 Å². The van der Waals surface area contributed by atoms with E-state index in [4.69, 9.17) is 10.8 Å². The molecule has 0 saturated carbocycles. The lowest BCUT2D eigenvalue weighted by Gasteiger charge is -2.35. The number of hydrogen-bond donors (Lipinski definition) is 2. The van der Waals surface area contributed by atoms with Crippen molar-refractivity contribution in [3.05, 3.63) is 0 Å². The second-order valence-corrected chi connectivity index (χ2v) is 4.91. The Balaban J connectivity index is 2.42. The number of piperazine rings is 1. The first-order chi connectivity index (χ1) is 8.45. The molecular formula is C12H23N3O3.